The first kappa shape index (κ1) is 14.0. The van der Waals surface area contributed by atoms with E-state index in [1.165, 1.54) is 0 Å². The van der Waals surface area contributed by atoms with Crippen LogP contribution in [0.1, 0.15) is 23.8 Å². The van der Waals surface area contributed by atoms with Crippen molar-refractivity contribution in [2.75, 3.05) is 6.54 Å². The van der Waals surface area contributed by atoms with Gasteiger partial charge in [0.25, 0.3) is 5.91 Å². The Morgan fingerprint density at radius 1 is 1.25 bits per heavy atom. The summed E-state index contributed by atoms with van der Waals surface area (Å²) in [7, 11) is 0. The first-order valence-electron chi connectivity index (χ1n) is 6.44. The summed E-state index contributed by atoms with van der Waals surface area (Å²) in [5.41, 5.74) is 1.10. The van der Waals surface area contributed by atoms with Crippen molar-refractivity contribution in [2.24, 2.45) is 5.92 Å². The van der Waals surface area contributed by atoms with Gasteiger partial charge in [0.15, 0.2) is 0 Å². The number of carbonyl (C=O) groups is 2. The molecule has 0 aliphatic carbocycles. The van der Waals surface area contributed by atoms with Crippen LogP contribution >= 0.6 is 0 Å². The number of carboxylic acids is 1. The fourth-order valence-corrected chi connectivity index (χ4v) is 1.81. The highest BCUT2D eigenvalue weighted by Crippen LogP contribution is 2.11. The lowest BCUT2D eigenvalue weighted by molar-refractivity contribution is -0.141. The molecule has 0 bridgehead atoms. The van der Waals surface area contributed by atoms with Crippen LogP contribution in [-0.2, 0) is 4.79 Å². The Hall–Kier alpha value is -2.43. The molecule has 0 saturated heterocycles. The Kier molecular flexibility index (Phi) is 4.30. The number of carboxylic acid groups (broad SMARTS) is 1. The number of nitrogens with one attached hydrogen (secondary N) is 1. The summed E-state index contributed by atoms with van der Waals surface area (Å²) in [6.07, 6.45) is 0.397. The molecular weight excluding hydrogens is 256 g/mol. The van der Waals surface area contributed by atoms with Gasteiger partial charge in [-0.3, -0.25) is 9.59 Å². The maximum atomic E-state index is 11.9. The zero-order chi connectivity index (χ0) is 14.5. The number of rotatable bonds is 5. The fourth-order valence-electron chi connectivity index (χ4n) is 1.81. The van der Waals surface area contributed by atoms with Crippen molar-refractivity contribution in [3.8, 4) is 0 Å². The van der Waals surface area contributed by atoms with Crippen LogP contribution in [-0.4, -0.2) is 28.5 Å². The first-order valence-corrected chi connectivity index (χ1v) is 6.44. The standard InChI is InChI=1S/C15H16N2O3/c1-10(15(19)20)8-9-16-14(18)13-7-6-11-4-2-3-5-12(11)17-13/h2-7,10H,8-9H2,1H3,(H,16,18)(H,19,20). The number of benzene rings is 1. The second kappa shape index (κ2) is 6.14. The molecule has 0 spiro atoms. The van der Waals surface area contributed by atoms with Crippen molar-refractivity contribution in [3.05, 3.63) is 42.1 Å². The van der Waals surface area contributed by atoms with Gasteiger partial charge in [0, 0.05) is 11.9 Å². The molecule has 0 fully saturated rings. The monoisotopic (exact) mass is 272 g/mol. The topological polar surface area (TPSA) is 79.3 Å². The quantitative estimate of drug-likeness (QED) is 0.873. The molecule has 0 saturated carbocycles. The maximum absolute atomic E-state index is 11.9. The van der Waals surface area contributed by atoms with Gasteiger partial charge in [-0.2, -0.15) is 0 Å². The lowest BCUT2D eigenvalue weighted by Gasteiger charge is -2.08. The van der Waals surface area contributed by atoms with Crippen LogP contribution in [0.15, 0.2) is 36.4 Å². The molecule has 0 aliphatic heterocycles. The molecule has 5 nitrogen and oxygen atoms in total. The number of hydrogen-bond donors (Lipinski definition) is 2. The number of pyridine rings is 1. The molecule has 2 aromatic rings. The number of carbonyl (C=O) groups excluding carboxylic acids is 1. The second-order valence-electron chi connectivity index (χ2n) is 4.67. The predicted octanol–water partition coefficient (Wildman–Crippen LogP) is 2.08. The van der Waals surface area contributed by atoms with Crippen LogP contribution in [0.2, 0.25) is 0 Å². The highest BCUT2D eigenvalue weighted by molar-refractivity contribution is 5.94. The minimum absolute atomic E-state index is 0.284. The largest absolute Gasteiger partial charge is 0.481 e. The molecular formula is C15H16N2O3. The summed E-state index contributed by atoms with van der Waals surface area (Å²) in [4.78, 5) is 26.9. The average molecular weight is 272 g/mol. The number of hydrogen-bond acceptors (Lipinski definition) is 3. The van der Waals surface area contributed by atoms with Gasteiger partial charge in [0.2, 0.25) is 0 Å². The molecule has 0 radical (unpaired) electrons. The van der Waals surface area contributed by atoms with Gasteiger partial charge in [-0.15, -0.1) is 0 Å². The zero-order valence-electron chi connectivity index (χ0n) is 11.2. The Morgan fingerprint density at radius 3 is 2.75 bits per heavy atom. The predicted molar refractivity (Wildman–Crippen MR) is 75.5 cm³/mol. The zero-order valence-corrected chi connectivity index (χ0v) is 11.2. The molecule has 2 N–H and O–H groups in total. The van der Waals surface area contributed by atoms with E-state index in [1.54, 1.807) is 13.0 Å². The van der Waals surface area contributed by atoms with E-state index >= 15 is 0 Å². The van der Waals surface area contributed by atoms with Gasteiger partial charge in [-0.25, -0.2) is 4.98 Å². The van der Waals surface area contributed by atoms with Crippen molar-refractivity contribution in [1.29, 1.82) is 0 Å². The number of para-hydroxylation sites is 1. The first-order chi connectivity index (χ1) is 9.58. The third-order valence-corrected chi connectivity index (χ3v) is 3.12. The van der Waals surface area contributed by atoms with E-state index < -0.39 is 11.9 Å². The lowest BCUT2D eigenvalue weighted by atomic mass is 10.1. The Balaban J connectivity index is 1.99. The molecule has 1 aromatic carbocycles. The van der Waals surface area contributed by atoms with E-state index in [9.17, 15) is 9.59 Å². The van der Waals surface area contributed by atoms with Crippen molar-refractivity contribution in [2.45, 2.75) is 13.3 Å². The lowest BCUT2D eigenvalue weighted by Crippen LogP contribution is -2.27. The van der Waals surface area contributed by atoms with E-state index in [2.05, 4.69) is 10.3 Å². The molecule has 20 heavy (non-hydrogen) atoms. The molecule has 0 aliphatic rings. The van der Waals surface area contributed by atoms with E-state index in [1.807, 2.05) is 30.3 Å². The Bertz CT molecular complexity index is 640. The van der Waals surface area contributed by atoms with E-state index in [0.29, 0.717) is 18.7 Å². The number of fused-ring (bicyclic) bond motifs is 1. The van der Waals surface area contributed by atoms with Crippen LogP contribution in [0.3, 0.4) is 0 Å². The summed E-state index contributed by atoms with van der Waals surface area (Å²) in [5, 5.41) is 12.4. The third-order valence-electron chi connectivity index (χ3n) is 3.12. The molecule has 2 rings (SSSR count). The van der Waals surface area contributed by atoms with Crippen LogP contribution in [0.4, 0.5) is 0 Å². The Labute approximate surface area is 116 Å². The van der Waals surface area contributed by atoms with E-state index in [-0.39, 0.29) is 5.91 Å². The smallest absolute Gasteiger partial charge is 0.306 e. The fraction of sp³-hybridized carbons (Fsp3) is 0.267. The summed E-state index contributed by atoms with van der Waals surface area (Å²) in [6, 6.07) is 11.1. The molecule has 1 unspecified atom stereocenters. The van der Waals surface area contributed by atoms with Crippen molar-refractivity contribution >= 4 is 22.8 Å². The van der Waals surface area contributed by atoms with Gasteiger partial charge < -0.3 is 10.4 Å². The van der Waals surface area contributed by atoms with Crippen molar-refractivity contribution < 1.29 is 14.7 Å². The van der Waals surface area contributed by atoms with Gasteiger partial charge in [-0.05, 0) is 18.6 Å². The normalized spacial score (nSPS) is 12.1. The minimum Gasteiger partial charge on any atom is -0.481 e. The summed E-state index contributed by atoms with van der Waals surface area (Å²) >= 11 is 0. The van der Waals surface area contributed by atoms with Crippen LogP contribution < -0.4 is 5.32 Å². The van der Waals surface area contributed by atoms with E-state index in [0.717, 1.165) is 10.9 Å². The second-order valence-corrected chi connectivity index (χ2v) is 4.67. The SMILES string of the molecule is CC(CCNC(=O)c1ccc2ccccc2n1)C(=O)O. The molecule has 1 aromatic heterocycles. The number of nitrogens with zero attached hydrogens (tertiary/aromatic N) is 1. The average Bonchev–Trinajstić information content (AvgIpc) is 2.46. The molecule has 1 heterocycles. The molecule has 104 valence electrons. The van der Waals surface area contributed by atoms with Crippen molar-refractivity contribution in [3.63, 3.8) is 0 Å². The Morgan fingerprint density at radius 2 is 2.00 bits per heavy atom. The van der Waals surface area contributed by atoms with Gasteiger partial charge in [0.05, 0.1) is 11.4 Å². The third kappa shape index (κ3) is 3.32. The number of amides is 1. The highest BCUT2D eigenvalue weighted by Gasteiger charge is 2.12. The molecule has 1 amide bonds. The van der Waals surface area contributed by atoms with Gasteiger partial charge >= 0.3 is 5.97 Å². The summed E-state index contributed by atoms with van der Waals surface area (Å²) in [6.45, 7) is 1.93. The van der Waals surface area contributed by atoms with Crippen LogP contribution in [0.5, 0.6) is 0 Å². The molecule has 1 atom stereocenters. The number of aromatic nitrogens is 1. The number of aliphatic carboxylic acids is 1. The maximum Gasteiger partial charge on any atom is 0.306 e. The summed E-state index contributed by atoms with van der Waals surface area (Å²) < 4.78 is 0. The van der Waals surface area contributed by atoms with E-state index in [4.69, 9.17) is 5.11 Å². The van der Waals surface area contributed by atoms with Gasteiger partial charge in [0.1, 0.15) is 5.69 Å². The summed E-state index contributed by atoms with van der Waals surface area (Å²) in [5.74, 6) is -1.61. The van der Waals surface area contributed by atoms with Crippen LogP contribution in [0, 0.1) is 5.92 Å². The van der Waals surface area contributed by atoms with Gasteiger partial charge in [-0.1, -0.05) is 31.2 Å². The highest BCUT2D eigenvalue weighted by atomic mass is 16.4. The van der Waals surface area contributed by atoms with Crippen molar-refractivity contribution in [1.82, 2.24) is 10.3 Å². The molecule has 5 heteroatoms. The van der Waals surface area contributed by atoms with Crippen LogP contribution in [0.25, 0.3) is 10.9 Å². The minimum atomic E-state index is -0.858.